The summed E-state index contributed by atoms with van der Waals surface area (Å²) >= 11 is 0. The molecule has 0 spiro atoms. The minimum Gasteiger partial charge on any atom is -0.457 e. The molecule has 6 heteroatoms. The number of ether oxygens (including phenoxy) is 3. The lowest BCUT2D eigenvalue weighted by atomic mass is 9.47. The molecule has 0 radical (unpaired) electrons. The molecule has 6 nitrogen and oxygen atoms in total. The average molecular weight is 465 g/mol. The van der Waals surface area contributed by atoms with Gasteiger partial charge in [-0.15, -0.1) is 6.58 Å². The molecular weight excluding hydrogens is 420 g/mol. The smallest absolute Gasteiger partial charge is 0.303 e. The van der Waals surface area contributed by atoms with Crippen molar-refractivity contribution in [1.82, 2.24) is 0 Å². The zero-order valence-corrected chi connectivity index (χ0v) is 21.1. The van der Waals surface area contributed by atoms with E-state index in [0.717, 1.165) is 12.8 Å². The van der Waals surface area contributed by atoms with Gasteiger partial charge in [-0.3, -0.25) is 4.79 Å². The van der Waals surface area contributed by atoms with E-state index >= 15 is 0 Å². The van der Waals surface area contributed by atoms with Crippen molar-refractivity contribution < 1.29 is 29.2 Å². The lowest BCUT2D eigenvalue weighted by Gasteiger charge is -2.58. The van der Waals surface area contributed by atoms with Gasteiger partial charge in [0, 0.05) is 6.92 Å². The molecule has 188 valence electrons. The Balaban J connectivity index is 1.68. The fourth-order valence-corrected chi connectivity index (χ4v) is 6.90. The maximum Gasteiger partial charge on any atom is 0.303 e. The maximum absolute atomic E-state index is 11.2. The van der Waals surface area contributed by atoms with Gasteiger partial charge in [0.15, 0.2) is 12.4 Å². The van der Waals surface area contributed by atoms with Gasteiger partial charge in [0.2, 0.25) is 0 Å². The molecule has 0 amide bonds. The van der Waals surface area contributed by atoms with Crippen LogP contribution in [0.1, 0.15) is 79.6 Å². The van der Waals surface area contributed by atoms with E-state index in [0.29, 0.717) is 23.7 Å². The molecule has 0 aromatic carbocycles. The van der Waals surface area contributed by atoms with Crippen molar-refractivity contribution >= 4 is 5.97 Å². The van der Waals surface area contributed by atoms with Gasteiger partial charge >= 0.3 is 5.97 Å². The summed E-state index contributed by atoms with van der Waals surface area (Å²) in [6.45, 7) is 18.9. The highest BCUT2D eigenvalue weighted by atomic mass is 16.7. The summed E-state index contributed by atoms with van der Waals surface area (Å²) in [5, 5.41) is 20.9. The van der Waals surface area contributed by atoms with Gasteiger partial charge in [0.1, 0.15) is 12.2 Å². The molecule has 3 fully saturated rings. The lowest BCUT2D eigenvalue weighted by molar-refractivity contribution is -0.295. The number of carbonyl (C=O) groups excluding carboxylic acids is 1. The first-order chi connectivity index (χ1) is 15.3. The van der Waals surface area contributed by atoms with Crippen molar-refractivity contribution in [3.05, 3.63) is 24.8 Å². The largest absolute Gasteiger partial charge is 0.457 e. The Bertz CT molecular complexity index is 747. The Morgan fingerprint density at radius 3 is 2.61 bits per heavy atom. The van der Waals surface area contributed by atoms with Crippen LogP contribution in [0.5, 0.6) is 0 Å². The molecule has 0 unspecified atom stereocenters. The molecule has 1 aliphatic heterocycles. The number of carbonyl (C=O) groups is 1. The molecular formula is C27H44O6. The summed E-state index contributed by atoms with van der Waals surface area (Å²) in [5.41, 5.74) is 1.17. The minimum atomic E-state index is -1.33. The molecule has 0 aromatic heterocycles. The zero-order chi connectivity index (χ0) is 24.6. The minimum absolute atomic E-state index is 0.0377. The molecule has 1 heterocycles. The molecule has 2 N–H and O–H groups in total. The van der Waals surface area contributed by atoms with Gasteiger partial charge in [-0.05, 0) is 68.1 Å². The standard InChI is InChI=1S/C27H44O6/c1-8-26(6,33-24-23(30)22(29)20(16-31-24)32-18(3)28)15-12-19-17(2)10-11-21-25(4,5)13-9-14-27(19,21)7/h8,19-24,29-30H,1-2,9-16H2,3-7H3/t19-,20+,21-,22+,23-,24+,26-,27+/m1/s1. The molecule has 2 saturated carbocycles. The zero-order valence-electron chi connectivity index (χ0n) is 21.1. The first kappa shape index (κ1) is 26.4. The van der Waals surface area contributed by atoms with Crippen LogP contribution in [0.15, 0.2) is 24.8 Å². The van der Waals surface area contributed by atoms with Crippen molar-refractivity contribution in [2.75, 3.05) is 6.61 Å². The molecule has 8 atom stereocenters. The predicted molar refractivity (Wildman–Crippen MR) is 127 cm³/mol. The maximum atomic E-state index is 11.2. The number of aliphatic hydroxyl groups is 2. The fourth-order valence-electron chi connectivity index (χ4n) is 6.90. The summed E-state index contributed by atoms with van der Waals surface area (Å²) in [5.74, 6) is 0.562. The summed E-state index contributed by atoms with van der Waals surface area (Å²) in [6, 6.07) is 0. The van der Waals surface area contributed by atoms with Crippen molar-refractivity contribution in [2.45, 2.75) is 110 Å². The Kier molecular flexibility index (Phi) is 7.84. The van der Waals surface area contributed by atoms with E-state index in [1.807, 2.05) is 6.92 Å². The number of fused-ring (bicyclic) bond motifs is 1. The highest BCUT2D eigenvalue weighted by Crippen LogP contribution is 2.62. The fraction of sp³-hybridized carbons (Fsp3) is 0.815. The van der Waals surface area contributed by atoms with E-state index < -0.39 is 36.2 Å². The summed E-state index contributed by atoms with van der Waals surface area (Å²) in [7, 11) is 0. The van der Waals surface area contributed by atoms with Crippen LogP contribution in [0.4, 0.5) is 0 Å². The number of allylic oxidation sites excluding steroid dienone is 1. The summed E-state index contributed by atoms with van der Waals surface area (Å²) < 4.78 is 16.9. The van der Waals surface area contributed by atoms with Gasteiger partial charge in [0.05, 0.1) is 12.2 Å². The molecule has 3 rings (SSSR count). The first-order valence-electron chi connectivity index (χ1n) is 12.5. The van der Waals surface area contributed by atoms with Crippen molar-refractivity contribution in [1.29, 1.82) is 0 Å². The van der Waals surface area contributed by atoms with E-state index in [2.05, 4.69) is 33.9 Å². The van der Waals surface area contributed by atoms with Crippen LogP contribution < -0.4 is 0 Å². The van der Waals surface area contributed by atoms with Crippen LogP contribution in [0.25, 0.3) is 0 Å². The van der Waals surface area contributed by atoms with Gasteiger partial charge in [-0.2, -0.15) is 0 Å². The van der Waals surface area contributed by atoms with Crippen LogP contribution in [-0.4, -0.2) is 53.0 Å². The SMILES string of the molecule is C=C[C@](C)(CC[C@@H]1C(=C)CC[C@@H]2C(C)(C)CCC[C@@]12C)O[C@@H]1OC[C@H](OC(C)=O)[C@H](O)[C@H]1O. The predicted octanol–water partition coefficient (Wildman–Crippen LogP) is 4.54. The van der Waals surface area contributed by atoms with Crippen LogP contribution >= 0.6 is 0 Å². The number of hydrogen-bond acceptors (Lipinski definition) is 6. The monoisotopic (exact) mass is 464 g/mol. The van der Waals surface area contributed by atoms with Crippen molar-refractivity contribution in [3.63, 3.8) is 0 Å². The molecule has 33 heavy (non-hydrogen) atoms. The molecule has 3 aliphatic rings. The highest BCUT2D eigenvalue weighted by molar-refractivity contribution is 5.66. The third kappa shape index (κ3) is 5.39. The summed E-state index contributed by atoms with van der Waals surface area (Å²) in [6.07, 6.45) is 4.91. The van der Waals surface area contributed by atoms with Gasteiger partial charge in [0.25, 0.3) is 0 Å². The third-order valence-electron chi connectivity index (χ3n) is 8.82. The van der Waals surface area contributed by atoms with E-state index in [-0.39, 0.29) is 12.0 Å². The Morgan fingerprint density at radius 1 is 1.27 bits per heavy atom. The van der Waals surface area contributed by atoms with E-state index in [9.17, 15) is 15.0 Å². The first-order valence-corrected chi connectivity index (χ1v) is 12.5. The Labute approximate surface area is 199 Å². The number of rotatable bonds is 7. The second-order valence-electron chi connectivity index (χ2n) is 11.7. The summed E-state index contributed by atoms with van der Waals surface area (Å²) in [4.78, 5) is 11.2. The Hall–Kier alpha value is -1.21. The molecule has 1 saturated heterocycles. The van der Waals surface area contributed by atoms with E-state index in [1.54, 1.807) is 6.08 Å². The van der Waals surface area contributed by atoms with Crippen molar-refractivity contribution in [2.24, 2.45) is 22.7 Å². The quantitative estimate of drug-likeness (QED) is 0.425. The second-order valence-corrected chi connectivity index (χ2v) is 11.7. The highest BCUT2D eigenvalue weighted by Gasteiger charge is 2.53. The molecule has 2 aliphatic carbocycles. The number of hydrogen-bond donors (Lipinski definition) is 2. The van der Waals surface area contributed by atoms with E-state index in [4.69, 9.17) is 14.2 Å². The van der Waals surface area contributed by atoms with Crippen LogP contribution in [0, 0.1) is 22.7 Å². The topological polar surface area (TPSA) is 85.2 Å². The number of aliphatic hydroxyl groups excluding tert-OH is 2. The lowest BCUT2D eigenvalue weighted by Crippen LogP contribution is -2.56. The van der Waals surface area contributed by atoms with Crippen molar-refractivity contribution in [3.8, 4) is 0 Å². The average Bonchev–Trinajstić information content (AvgIpc) is 2.72. The van der Waals surface area contributed by atoms with Crippen LogP contribution in [0.3, 0.4) is 0 Å². The molecule has 0 aromatic rings. The van der Waals surface area contributed by atoms with Gasteiger partial charge < -0.3 is 24.4 Å². The second kappa shape index (κ2) is 9.80. The normalized spacial score (nSPS) is 40.4. The third-order valence-corrected chi connectivity index (χ3v) is 8.82. The van der Waals surface area contributed by atoms with Crippen LogP contribution in [0.2, 0.25) is 0 Å². The van der Waals surface area contributed by atoms with Gasteiger partial charge in [-0.1, -0.05) is 45.4 Å². The van der Waals surface area contributed by atoms with Gasteiger partial charge in [-0.25, -0.2) is 0 Å². The van der Waals surface area contributed by atoms with Crippen LogP contribution in [-0.2, 0) is 19.0 Å². The van der Waals surface area contributed by atoms with E-state index in [1.165, 1.54) is 38.2 Å². The Morgan fingerprint density at radius 2 is 1.97 bits per heavy atom. The number of esters is 1. The molecule has 0 bridgehead atoms.